The number of aliphatic hydroxyl groups is 2. The SMILES string of the molecule is O=C1OCCCN1C(O)O. The second-order valence-corrected chi connectivity index (χ2v) is 2.01. The van der Waals surface area contributed by atoms with Crippen molar-refractivity contribution in [1.82, 2.24) is 4.90 Å². The summed E-state index contributed by atoms with van der Waals surface area (Å²) >= 11 is 0. The number of hydrogen-bond donors (Lipinski definition) is 2. The molecule has 58 valence electrons. The maximum atomic E-state index is 10.6. The predicted molar refractivity (Wildman–Crippen MR) is 30.9 cm³/mol. The molecule has 1 fully saturated rings. The Balaban J connectivity index is 2.48. The number of amides is 1. The minimum Gasteiger partial charge on any atom is -0.449 e. The van der Waals surface area contributed by atoms with E-state index in [2.05, 4.69) is 4.74 Å². The van der Waals surface area contributed by atoms with E-state index < -0.39 is 12.5 Å². The van der Waals surface area contributed by atoms with Crippen LogP contribution in [0.3, 0.4) is 0 Å². The Morgan fingerprint density at radius 1 is 1.60 bits per heavy atom. The molecule has 10 heavy (non-hydrogen) atoms. The molecule has 0 radical (unpaired) electrons. The molecule has 1 saturated heterocycles. The molecule has 5 heteroatoms. The smallest absolute Gasteiger partial charge is 0.413 e. The molecule has 0 spiro atoms. The van der Waals surface area contributed by atoms with Crippen molar-refractivity contribution in [2.24, 2.45) is 0 Å². The predicted octanol–water partition coefficient (Wildman–Crippen LogP) is -0.903. The maximum absolute atomic E-state index is 10.6. The lowest BCUT2D eigenvalue weighted by atomic mass is 10.4. The van der Waals surface area contributed by atoms with Gasteiger partial charge in [-0.15, -0.1) is 0 Å². The molecule has 5 nitrogen and oxygen atoms in total. The summed E-state index contributed by atoms with van der Waals surface area (Å²) in [7, 11) is 0. The van der Waals surface area contributed by atoms with Crippen molar-refractivity contribution >= 4 is 6.09 Å². The Morgan fingerprint density at radius 2 is 2.30 bits per heavy atom. The minimum atomic E-state index is -1.73. The molecular weight excluding hydrogens is 138 g/mol. The van der Waals surface area contributed by atoms with Gasteiger partial charge in [-0.2, -0.15) is 0 Å². The second kappa shape index (κ2) is 2.85. The highest BCUT2D eigenvalue weighted by Crippen LogP contribution is 2.05. The Hall–Kier alpha value is -0.810. The third-order valence-electron chi connectivity index (χ3n) is 1.28. The van der Waals surface area contributed by atoms with E-state index in [0.717, 1.165) is 4.90 Å². The van der Waals surface area contributed by atoms with E-state index in [4.69, 9.17) is 10.2 Å². The van der Waals surface area contributed by atoms with Crippen LogP contribution in [-0.4, -0.2) is 40.8 Å². The van der Waals surface area contributed by atoms with Gasteiger partial charge in [-0.25, -0.2) is 4.79 Å². The fourth-order valence-corrected chi connectivity index (χ4v) is 0.778. The van der Waals surface area contributed by atoms with Crippen LogP contribution in [0.25, 0.3) is 0 Å². The summed E-state index contributed by atoms with van der Waals surface area (Å²) in [5.74, 6) is 0. The van der Waals surface area contributed by atoms with E-state index in [1.807, 2.05) is 0 Å². The molecule has 0 aromatic carbocycles. The summed E-state index contributed by atoms with van der Waals surface area (Å²) in [6.07, 6.45) is -1.75. The normalized spacial score (nSPS) is 19.5. The first-order valence-electron chi connectivity index (χ1n) is 3.01. The summed E-state index contributed by atoms with van der Waals surface area (Å²) in [6, 6.07) is 0. The fraction of sp³-hybridized carbons (Fsp3) is 0.800. The lowest BCUT2D eigenvalue weighted by Gasteiger charge is -2.26. The minimum absolute atomic E-state index is 0.344. The van der Waals surface area contributed by atoms with Gasteiger partial charge >= 0.3 is 6.09 Å². The standard InChI is InChI=1S/C5H9NO4/c7-4(8)6-2-1-3-10-5(6)9/h4,7-8H,1-3H2. The van der Waals surface area contributed by atoms with Crippen molar-refractivity contribution in [3.05, 3.63) is 0 Å². The number of nitrogens with zero attached hydrogens (tertiary/aromatic N) is 1. The van der Waals surface area contributed by atoms with Gasteiger partial charge in [0.05, 0.1) is 6.61 Å². The van der Waals surface area contributed by atoms with Gasteiger partial charge in [0.2, 0.25) is 6.41 Å². The molecular formula is C5H9NO4. The van der Waals surface area contributed by atoms with Gasteiger partial charge in [0.15, 0.2) is 0 Å². The molecule has 0 unspecified atom stereocenters. The summed E-state index contributed by atoms with van der Waals surface area (Å²) in [5, 5.41) is 17.1. The lowest BCUT2D eigenvalue weighted by molar-refractivity contribution is -0.150. The van der Waals surface area contributed by atoms with Gasteiger partial charge in [0, 0.05) is 6.54 Å². The molecule has 2 N–H and O–H groups in total. The number of cyclic esters (lactones) is 1. The summed E-state index contributed by atoms with van der Waals surface area (Å²) in [6.45, 7) is 0.707. The molecule has 1 heterocycles. The third-order valence-corrected chi connectivity index (χ3v) is 1.28. The van der Waals surface area contributed by atoms with Crippen LogP contribution in [0.4, 0.5) is 4.79 Å². The van der Waals surface area contributed by atoms with Gasteiger partial charge in [0.1, 0.15) is 0 Å². The van der Waals surface area contributed by atoms with E-state index in [-0.39, 0.29) is 0 Å². The molecule has 1 aliphatic heterocycles. The largest absolute Gasteiger partial charge is 0.449 e. The Morgan fingerprint density at radius 3 is 2.70 bits per heavy atom. The quantitative estimate of drug-likeness (QED) is 0.471. The van der Waals surface area contributed by atoms with Crippen LogP contribution in [0.15, 0.2) is 0 Å². The van der Waals surface area contributed by atoms with Gasteiger partial charge in [-0.05, 0) is 6.42 Å². The van der Waals surface area contributed by atoms with Crippen LogP contribution >= 0.6 is 0 Å². The molecule has 1 amide bonds. The van der Waals surface area contributed by atoms with E-state index in [0.29, 0.717) is 19.6 Å². The summed E-state index contributed by atoms with van der Waals surface area (Å²) in [4.78, 5) is 11.5. The Bertz CT molecular complexity index is 136. The number of hydrogen-bond acceptors (Lipinski definition) is 4. The zero-order valence-corrected chi connectivity index (χ0v) is 5.36. The number of ether oxygens (including phenoxy) is 1. The summed E-state index contributed by atoms with van der Waals surface area (Å²) < 4.78 is 4.52. The van der Waals surface area contributed by atoms with Crippen LogP contribution in [-0.2, 0) is 4.74 Å². The second-order valence-electron chi connectivity index (χ2n) is 2.01. The van der Waals surface area contributed by atoms with Crippen LogP contribution in [0.2, 0.25) is 0 Å². The van der Waals surface area contributed by atoms with E-state index in [9.17, 15) is 4.79 Å². The number of rotatable bonds is 1. The molecule has 0 saturated carbocycles. The molecule has 0 atom stereocenters. The van der Waals surface area contributed by atoms with E-state index >= 15 is 0 Å². The average Bonchev–Trinajstić information content (AvgIpc) is 1.88. The molecule has 0 aromatic rings. The fourth-order valence-electron chi connectivity index (χ4n) is 0.778. The number of carbonyl (C=O) groups is 1. The molecule has 0 bridgehead atoms. The topological polar surface area (TPSA) is 70.0 Å². The van der Waals surface area contributed by atoms with Crippen LogP contribution in [0.5, 0.6) is 0 Å². The highest BCUT2D eigenvalue weighted by Gasteiger charge is 2.23. The first kappa shape index (κ1) is 7.30. The third kappa shape index (κ3) is 1.37. The Kier molecular flexibility index (Phi) is 2.08. The maximum Gasteiger partial charge on any atom is 0.413 e. The van der Waals surface area contributed by atoms with Crippen molar-refractivity contribution in [2.75, 3.05) is 13.2 Å². The monoisotopic (exact) mass is 147 g/mol. The highest BCUT2D eigenvalue weighted by atomic mass is 16.6. The number of carbonyl (C=O) groups excluding carboxylic acids is 1. The van der Waals surface area contributed by atoms with E-state index in [1.54, 1.807) is 0 Å². The van der Waals surface area contributed by atoms with Crippen LogP contribution in [0, 0.1) is 0 Å². The van der Waals surface area contributed by atoms with Gasteiger partial charge < -0.3 is 14.9 Å². The molecule has 0 aromatic heterocycles. The van der Waals surface area contributed by atoms with Crippen molar-refractivity contribution in [3.63, 3.8) is 0 Å². The van der Waals surface area contributed by atoms with Crippen molar-refractivity contribution in [2.45, 2.75) is 12.8 Å². The molecule has 1 rings (SSSR count). The first-order valence-corrected chi connectivity index (χ1v) is 3.01. The van der Waals surface area contributed by atoms with Gasteiger partial charge in [0.25, 0.3) is 0 Å². The number of aliphatic hydroxyl groups excluding tert-OH is 1. The average molecular weight is 147 g/mol. The van der Waals surface area contributed by atoms with E-state index in [1.165, 1.54) is 0 Å². The van der Waals surface area contributed by atoms with Crippen LogP contribution < -0.4 is 0 Å². The first-order chi connectivity index (χ1) is 4.72. The van der Waals surface area contributed by atoms with Gasteiger partial charge in [-0.3, -0.25) is 4.90 Å². The van der Waals surface area contributed by atoms with Crippen molar-refractivity contribution in [1.29, 1.82) is 0 Å². The highest BCUT2D eigenvalue weighted by molar-refractivity contribution is 5.68. The van der Waals surface area contributed by atoms with Gasteiger partial charge in [-0.1, -0.05) is 0 Å². The zero-order chi connectivity index (χ0) is 7.56. The zero-order valence-electron chi connectivity index (χ0n) is 5.36. The summed E-state index contributed by atoms with van der Waals surface area (Å²) in [5.41, 5.74) is 0. The van der Waals surface area contributed by atoms with Crippen molar-refractivity contribution < 1.29 is 19.7 Å². The van der Waals surface area contributed by atoms with Crippen molar-refractivity contribution in [3.8, 4) is 0 Å². The molecule has 1 aliphatic rings. The van der Waals surface area contributed by atoms with Crippen LogP contribution in [0.1, 0.15) is 6.42 Å². The lowest BCUT2D eigenvalue weighted by Crippen LogP contribution is -2.44. The Labute approximate surface area is 57.8 Å². The molecule has 0 aliphatic carbocycles.